The van der Waals surface area contributed by atoms with E-state index in [1.165, 1.54) is 12.1 Å². The molecule has 1 aliphatic carbocycles. The van der Waals surface area contributed by atoms with Gasteiger partial charge < -0.3 is 5.11 Å². The van der Waals surface area contributed by atoms with Crippen molar-refractivity contribution in [1.29, 1.82) is 0 Å². The molecule has 0 bridgehead atoms. The second-order valence-corrected chi connectivity index (χ2v) is 11.1. The lowest BCUT2D eigenvalue weighted by atomic mass is 9.63. The van der Waals surface area contributed by atoms with Gasteiger partial charge in [0.1, 0.15) is 5.78 Å². The summed E-state index contributed by atoms with van der Waals surface area (Å²) >= 11 is 0. The summed E-state index contributed by atoms with van der Waals surface area (Å²) in [5.41, 5.74) is -5.84. The maximum Gasteiger partial charge on any atom is 0.430 e. The molecule has 1 aliphatic rings. The first-order valence-electron chi connectivity index (χ1n) is 12.0. The Kier molecular flexibility index (Phi) is 7.45. The number of halogens is 6. The second-order valence-electron chi connectivity index (χ2n) is 11.1. The highest BCUT2D eigenvalue weighted by atomic mass is 19.4. The summed E-state index contributed by atoms with van der Waals surface area (Å²) in [5, 5.41) is 9.77. The van der Waals surface area contributed by atoms with E-state index in [0.717, 1.165) is 5.56 Å². The molecule has 0 saturated heterocycles. The molecule has 1 unspecified atom stereocenters. The van der Waals surface area contributed by atoms with E-state index >= 15 is 0 Å². The van der Waals surface area contributed by atoms with Gasteiger partial charge in [-0.15, -0.1) is 0 Å². The van der Waals surface area contributed by atoms with Gasteiger partial charge in [-0.1, -0.05) is 88.7 Å². The summed E-state index contributed by atoms with van der Waals surface area (Å²) in [5.74, 6) is -0.335. The molecule has 1 saturated carbocycles. The lowest BCUT2D eigenvalue weighted by Crippen LogP contribution is -2.53. The first-order valence-corrected chi connectivity index (χ1v) is 12.0. The molecule has 1 fully saturated rings. The molecular weight excluding hydrogens is 482 g/mol. The number of hydrogen-bond acceptors (Lipinski definition) is 2. The van der Waals surface area contributed by atoms with Gasteiger partial charge in [-0.2, -0.15) is 26.3 Å². The van der Waals surface area contributed by atoms with E-state index in [1.807, 2.05) is 58.0 Å². The third kappa shape index (κ3) is 5.06. The average Bonchev–Trinajstić information content (AvgIpc) is 2.96. The lowest BCUT2D eigenvalue weighted by molar-refractivity contribution is -0.376. The summed E-state index contributed by atoms with van der Waals surface area (Å²) in [6.45, 7) is 7.63. The van der Waals surface area contributed by atoms with Crippen LogP contribution >= 0.6 is 0 Å². The fourth-order valence-electron chi connectivity index (χ4n) is 5.60. The molecule has 0 aliphatic heterocycles. The van der Waals surface area contributed by atoms with Crippen molar-refractivity contribution in [3.05, 3.63) is 71.3 Å². The lowest BCUT2D eigenvalue weighted by Gasteiger charge is -2.40. The molecule has 8 heteroatoms. The number of benzene rings is 2. The zero-order valence-corrected chi connectivity index (χ0v) is 20.8. The molecule has 3 rings (SSSR count). The third-order valence-corrected chi connectivity index (χ3v) is 7.58. The van der Waals surface area contributed by atoms with Gasteiger partial charge in [-0.25, -0.2) is 0 Å². The van der Waals surface area contributed by atoms with E-state index < -0.39 is 34.3 Å². The molecule has 2 nitrogen and oxygen atoms in total. The van der Waals surface area contributed by atoms with E-state index in [9.17, 15) is 36.2 Å². The van der Waals surface area contributed by atoms with Crippen LogP contribution < -0.4 is 0 Å². The van der Waals surface area contributed by atoms with Crippen molar-refractivity contribution < 1.29 is 36.2 Å². The summed E-state index contributed by atoms with van der Waals surface area (Å²) in [6.07, 6.45) is -9.40. The average molecular weight is 515 g/mol. The van der Waals surface area contributed by atoms with Crippen LogP contribution in [0.15, 0.2) is 54.6 Å². The quantitative estimate of drug-likeness (QED) is 0.333. The first kappa shape index (κ1) is 28.2. The molecule has 1 N–H and O–H groups in total. The molecule has 0 aromatic heterocycles. The highest BCUT2D eigenvalue weighted by molar-refractivity contribution is 5.86. The maximum absolute atomic E-state index is 13.4. The summed E-state index contributed by atoms with van der Waals surface area (Å²) < 4.78 is 80.1. The van der Waals surface area contributed by atoms with Crippen molar-refractivity contribution in [1.82, 2.24) is 0 Å². The highest BCUT2D eigenvalue weighted by Gasteiger charge is 2.71. The van der Waals surface area contributed by atoms with Gasteiger partial charge in [-0.05, 0) is 36.3 Å². The molecule has 198 valence electrons. The first-order chi connectivity index (χ1) is 16.4. The SMILES string of the molecule is CC(C)(C)C(=O)C1CCC[C@@H](c2ccc(C(O)(C(F)(F)F)C(F)(F)F)cc2)[C@@](C)(c2ccccc2)C1. The van der Waals surface area contributed by atoms with Gasteiger partial charge >= 0.3 is 12.4 Å². The Bertz CT molecular complexity index is 1040. The predicted molar refractivity (Wildman–Crippen MR) is 125 cm³/mol. The minimum Gasteiger partial charge on any atom is -0.369 e. The van der Waals surface area contributed by atoms with Crippen molar-refractivity contribution >= 4 is 5.78 Å². The standard InChI is InChI=1S/C28H32F6O2/c1-24(2,3)23(35)19-9-8-12-22(25(4,17-19)20-10-6-5-7-11-20)18-13-15-21(16-14-18)26(36,27(29,30)31)28(32,33)34/h5-7,10-11,13-16,19,22,36H,8-9,12,17H2,1-4H3/t19?,22-,25+/m0/s1. The molecule has 0 radical (unpaired) electrons. The van der Waals surface area contributed by atoms with Gasteiger partial charge in [0.15, 0.2) is 0 Å². The Labute approximate surface area is 207 Å². The molecular formula is C28H32F6O2. The molecule has 3 atom stereocenters. The third-order valence-electron chi connectivity index (χ3n) is 7.58. The predicted octanol–water partition coefficient (Wildman–Crippen LogP) is 7.85. The normalized spacial score (nSPS) is 24.3. The Morgan fingerprint density at radius 2 is 1.39 bits per heavy atom. The van der Waals surface area contributed by atoms with Crippen molar-refractivity contribution in [2.45, 2.75) is 82.7 Å². The van der Waals surface area contributed by atoms with Crippen LogP contribution in [0.1, 0.15) is 76.0 Å². The summed E-state index contributed by atoms with van der Waals surface area (Å²) in [6, 6.07) is 13.4. The molecule has 36 heavy (non-hydrogen) atoms. The van der Waals surface area contributed by atoms with Crippen LogP contribution in [0.3, 0.4) is 0 Å². The van der Waals surface area contributed by atoms with Gasteiger partial charge in [0, 0.05) is 22.3 Å². The van der Waals surface area contributed by atoms with Crippen molar-refractivity contribution in [2.75, 3.05) is 0 Å². The number of carbonyl (C=O) groups excluding carboxylic acids is 1. The fraction of sp³-hybridized carbons (Fsp3) is 0.536. The summed E-state index contributed by atoms with van der Waals surface area (Å²) in [7, 11) is 0. The van der Waals surface area contributed by atoms with Crippen LogP contribution in [-0.4, -0.2) is 23.2 Å². The topological polar surface area (TPSA) is 37.3 Å². The van der Waals surface area contributed by atoms with E-state index in [0.29, 0.717) is 43.4 Å². The van der Waals surface area contributed by atoms with E-state index in [-0.39, 0.29) is 17.6 Å². The minimum absolute atomic E-state index is 0.140. The number of Topliss-reactive ketones (excluding diaryl/α,β-unsaturated/α-hetero) is 1. The zero-order valence-electron chi connectivity index (χ0n) is 20.8. The van der Waals surface area contributed by atoms with E-state index in [4.69, 9.17) is 0 Å². The smallest absolute Gasteiger partial charge is 0.369 e. The summed E-state index contributed by atoms with van der Waals surface area (Å²) in [4.78, 5) is 13.2. The fourth-order valence-corrected chi connectivity index (χ4v) is 5.60. The van der Waals surface area contributed by atoms with Crippen LogP contribution in [0.4, 0.5) is 26.3 Å². The second kappa shape index (κ2) is 9.51. The number of carbonyl (C=O) groups is 1. The monoisotopic (exact) mass is 514 g/mol. The maximum atomic E-state index is 13.4. The molecule has 0 amide bonds. The van der Waals surface area contributed by atoms with Crippen molar-refractivity contribution in [2.24, 2.45) is 11.3 Å². The van der Waals surface area contributed by atoms with Crippen LogP contribution in [0.2, 0.25) is 0 Å². The van der Waals surface area contributed by atoms with E-state index in [2.05, 4.69) is 0 Å². The number of rotatable bonds is 4. The van der Waals surface area contributed by atoms with E-state index in [1.54, 1.807) is 0 Å². The van der Waals surface area contributed by atoms with Crippen LogP contribution in [0.5, 0.6) is 0 Å². The minimum atomic E-state index is -5.94. The van der Waals surface area contributed by atoms with Gasteiger partial charge in [0.2, 0.25) is 0 Å². The number of aliphatic hydroxyl groups is 1. The van der Waals surface area contributed by atoms with Crippen LogP contribution in [0, 0.1) is 11.3 Å². The Morgan fingerprint density at radius 3 is 1.86 bits per heavy atom. The van der Waals surface area contributed by atoms with Gasteiger partial charge in [0.25, 0.3) is 5.60 Å². The molecule has 0 heterocycles. The molecule has 2 aromatic carbocycles. The van der Waals surface area contributed by atoms with Crippen molar-refractivity contribution in [3.8, 4) is 0 Å². The number of ketones is 1. The van der Waals surface area contributed by atoms with Crippen LogP contribution in [-0.2, 0) is 15.8 Å². The zero-order chi connectivity index (χ0) is 27.2. The highest BCUT2D eigenvalue weighted by Crippen LogP contribution is 2.52. The molecule has 2 aromatic rings. The van der Waals surface area contributed by atoms with Gasteiger partial charge in [-0.3, -0.25) is 4.79 Å². The Hall–Kier alpha value is -2.35. The molecule has 0 spiro atoms. The Morgan fingerprint density at radius 1 is 0.861 bits per heavy atom. The van der Waals surface area contributed by atoms with Crippen molar-refractivity contribution in [3.63, 3.8) is 0 Å². The number of alkyl halides is 6. The number of hydrogen-bond donors (Lipinski definition) is 1. The largest absolute Gasteiger partial charge is 0.430 e. The van der Waals surface area contributed by atoms with Gasteiger partial charge in [0.05, 0.1) is 0 Å². The van der Waals surface area contributed by atoms with Crippen LogP contribution in [0.25, 0.3) is 0 Å². The Balaban J connectivity index is 2.08.